The van der Waals surface area contributed by atoms with Gasteiger partial charge in [-0.25, -0.2) is 22.8 Å². The van der Waals surface area contributed by atoms with Gasteiger partial charge in [0.05, 0.1) is 10.6 Å². The van der Waals surface area contributed by atoms with Crippen LogP contribution < -0.4 is 4.72 Å². The lowest BCUT2D eigenvalue weighted by atomic mass is 10.1. The molecule has 0 amide bonds. The molecule has 2 aromatic heterocycles. The largest absolute Gasteiger partial charge is 0.279 e. The van der Waals surface area contributed by atoms with E-state index in [2.05, 4.69) is 14.7 Å². The fourth-order valence-electron chi connectivity index (χ4n) is 2.60. The zero-order valence-electron chi connectivity index (χ0n) is 14.2. The predicted octanol–water partition coefficient (Wildman–Crippen LogP) is 4.61. The molecule has 0 bridgehead atoms. The second kappa shape index (κ2) is 6.71. The van der Waals surface area contributed by atoms with Crippen LogP contribution in [0.4, 0.5) is 10.1 Å². The summed E-state index contributed by atoms with van der Waals surface area (Å²) >= 11 is 1.43. The molecule has 0 atom stereocenters. The van der Waals surface area contributed by atoms with Crippen molar-refractivity contribution in [3.8, 4) is 10.6 Å². The van der Waals surface area contributed by atoms with E-state index in [0.29, 0.717) is 5.69 Å². The van der Waals surface area contributed by atoms with Crippen molar-refractivity contribution in [1.29, 1.82) is 0 Å². The Kier molecular flexibility index (Phi) is 4.37. The van der Waals surface area contributed by atoms with Crippen LogP contribution in [0.1, 0.15) is 5.56 Å². The number of nitrogens with zero attached hydrogens (tertiary/aromatic N) is 2. The van der Waals surface area contributed by atoms with E-state index in [4.69, 9.17) is 0 Å². The fourth-order valence-corrected chi connectivity index (χ4v) is 4.65. The third-order valence-electron chi connectivity index (χ3n) is 4.00. The van der Waals surface area contributed by atoms with Crippen molar-refractivity contribution in [2.75, 3.05) is 4.72 Å². The number of fused-ring (bicyclic) bond motifs is 1. The Hall–Kier alpha value is -2.84. The van der Waals surface area contributed by atoms with Gasteiger partial charge in [-0.05, 0) is 48.9 Å². The van der Waals surface area contributed by atoms with E-state index >= 15 is 0 Å². The van der Waals surface area contributed by atoms with Gasteiger partial charge in [0.15, 0.2) is 0 Å². The lowest BCUT2D eigenvalue weighted by Gasteiger charge is -2.12. The third-order valence-corrected chi connectivity index (χ3v) is 6.39. The summed E-state index contributed by atoms with van der Waals surface area (Å²) < 4.78 is 41.1. The monoisotopic (exact) mass is 399 g/mol. The SMILES string of the molecule is Cc1ccc(-c2nc3cccnc3s2)cc1NS(=O)(=O)c1cccc(F)c1. The summed E-state index contributed by atoms with van der Waals surface area (Å²) in [4.78, 5) is 9.52. The van der Waals surface area contributed by atoms with Crippen LogP contribution in [0.2, 0.25) is 0 Å². The maximum absolute atomic E-state index is 13.4. The number of nitrogens with one attached hydrogen (secondary N) is 1. The van der Waals surface area contributed by atoms with Crippen molar-refractivity contribution in [2.24, 2.45) is 0 Å². The van der Waals surface area contributed by atoms with Gasteiger partial charge in [0, 0.05) is 11.8 Å². The van der Waals surface area contributed by atoms with Crippen molar-refractivity contribution in [3.05, 3.63) is 72.2 Å². The van der Waals surface area contributed by atoms with Crippen LogP contribution in [-0.2, 0) is 10.0 Å². The minimum Gasteiger partial charge on any atom is -0.279 e. The highest BCUT2D eigenvalue weighted by molar-refractivity contribution is 7.92. The molecule has 1 N–H and O–H groups in total. The van der Waals surface area contributed by atoms with E-state index in [9.17, 15) is 12.8 Å². The summed E-state index contributed by atoms with van der Waals surface area (Å²) in [6.07, 6.45) is 1.71. The molecule has 0 radical (unpaired) electrons. The van der Waals surface area contributed by atoms with Gasteiger partial charge in [0.1, 0.15) is 21.2 Å². The first-order valence-electron chi connectivity index (χ1n) is 8.03. The molecular formula is C19H14FN3O2S2. The summed E-state index contributed by atoms with van der Waals surface area (Å²) in [5.74, 6) is -0.606. The van der Waals surface area contributed by atoms with Gasteiger partial charge >= 0.3 is 0 Å². The number of benzene rings is 2. The van der Waals surface area contributed by atoms with Crippen molar-refractivity contribution in [1.82, 2.24) is 9.97 Å². The van der Waals surface area contributed by atoms with E-state index in [-0.39, 0.29) is 4.90 Å². The van der Waals surface area contributed by atoms with E-state index in [1.807, 2.05) is 24.3 Å². The molecule has 0 fully saturated rings. The van der Waals surface area contributed by atoms with Crippen LogP contribution in [0, 0.1) is 12.7 Å². The van der Waals surface area contributed by atoms with Crippen LogP contribution in [0.3, 0.4) is 0 Å². The number of aryl methyl sites for hydroxylation is 1. The molecule has 4 aromatic rings. The number of pyridine rings is 1. The Labute approximate surface area is 159 Å². The second-order valence-corrected chi connectivity index (χ2v) is 8.60. The van der Waals surface area contributed by atoms with Crippen molar-refractivity contribution in [2.45, 2.75) is 11.8 Å². The van der Waals surface area contributed by atoms with E-state index in [0.717, 1.165) is 32.5 Å². The van der Waals surface area contributed by atoms with Gasteiger partial charge in [-0.1, -0.05) is 29.5 Å². The Morgan fingerprint density at radius 3 is 2.70 bits per heavy atom. The molecule has 8 heteroatoms. The Bertz CT molecular complexity index is 1220. The smallest absolute Gasteiger partial charge is 0.262 e. The molecule has 0 saturated carbocycles. The minimum absolute atomic E-state index is 0.128. The standard InChI is InChI=1S/C19H14FN3O2S2/c1-12-7-8-13(18-22-16-6-3-9-21-19(16)26-18)10-17(12)23-27(24,25)15-5-2-4-14(20)11-15/h2-11,23H,1H3. The summed E-state index contributed by atoms with van der Waals surface area (Å²) in [6, 6.07) is 14.0. The molecule has 2 heterocycles. The fraction of sp³-hybridized carbons (Fsp3) is 0.0526. The molecule has 0 aliphatic heterocycles. The Morgan fingerprint density at radius 1 is 1.07 bits per heavy atom. The maximum atomic E-state index is 13.4. The number of aromatic nitrogens is 2. The van der Waals surface area contributed by atoms with Crippen molar-refractivity contribution >= 4 is 37.4 Å². The normalized spacial score (nSPS) is 11.6. The van der Waals surface area contributed by atoms with Gasteiger partial charge in [0.2, 0.25) is 0 Å². The summed E-state index contributed by atoms with van der Waals surface area (Å²) in [6.45, 7) is 1.80. The Balaban J connectivity index is 1.72. The third kappa shape index (κ3) is 3.54. The number of anilines is 1. The quantitative estimate of drug-likeness (QED) is 0.544. The highest BCUT2D eigenvalue weighted by atomic mass is 32.2. The highest BCUT2D eigenvalue weighted by Crippen LogP contribution is 2.32. The average Bonchev–Trinajstić information content (AvgIpc) is 3.07. The molecular weight excluding hydrogens is 385 g/mol. The van der Waals surface area contributed by atoms with Crippen molar-refractivity contribution in [3.63, 3.8) is 0 Å². The lowest BCUT2D eigenvalue weighted by Crippen LogP contribution is -2.14. The topological polar surface area (TPSA) is 72.0 Å². The number of halogens is 1. The van der Waals surface area contributed by atoms with E-state index in [1.54, 1.807) is 19.2 Å². The van der Waals surface area contributed by atoms with E-state index < -0.39 is 15.8 Å². The molecule has 4 rings (SSSR count). The van der Waals surface area contributed by atoms with Crippen LogP contribution in [-0.4, -0.2) is 18.4 Å². The van der Waals surface area contributed by atoms with Crippen LogP contribution >= 0.6 is 11.3 Å². The number of sulfonamides is 1. The first kappa shape index (κ1) is 17.6. The molecule has 27 heavy (non-hydrogen) atoms. The van der Waals surface area contributed by atoms with Crippen LogP contribution in [0.25, 0.3) is 20.9 Å². The summed E-state index contributed by atoms with van der Waals surface area (Å²) in [7, 11) is -3.90. The predicted molar refractivity (Wildman–Crippen MR) is 105 cm³/mol. The van der Waals surface area contributed by atoms with Gasteiger partial charge in [-0.15, -0.1) is 0 Å². The first-order chi connectivity index (χ1) is 12.9. The van der Waals surface area contributed by atoms with Gasteiger partial charge in [-0.3, -0.25) is 4.72 Å². The summed E-state index contributed by atoms with van der Waals surface area (Å²) in [5.41, 5.74) is 2.74. The van der Waals surface area contributed by atoms with Crippen molar-refractivity contribution < 1.29 is 12.8 Å². The number of rotatable bonds is 4. The average molecular weight is 399 g/mol. The molecule has 2 aromatic carbocycles. The number of hydrogen-bond acceptors (Lipinski definition) is 5. The molecule has 0 spiro atoms. The first-order valence-corrected chi connectivity index (χ1v) is 10.3. The Morgan fingerprint density at radius 2 is 1.93 bits per heavy atom. The number of hydrogen-bond donors (Lipinski definition) is 1. The van der Waals surface area contributed by atoms with E-state index in [1.165, 1.54) is 29.5 Å². The zero-order valence-corrected chi connectivity index (χ0v) is 15.8. The second-order valence-electron chi connectivity index (χ2n) is 5.94. The maximum Gasteiger partial charge on any atom is 0.262 e. The lowest BCUT2D eigenvalue weighted by molar-refractivity contribution is 0.595. The summed E-state index contributed by atoms with van der Waals surface area (Å²) in [5, 5.41) is 0.745. The highest BCUT2D eigenvalue weighted by Gasteiger charge is 2.17. The minimum atomic E-state index is -3.90. The molecule has 136 valence electrons. The molecule has 0 aliphatic carbocycles. The molecule has 0 unspecified atom stereocenters. The van der Waals surface area contributed by atoms with Crippen LogP contribution in [0.5, 0.6) is 0 Å². The zero-order chi connectivity index (χ0) is 19.0. The molecule has 5 nitrogen and oxygen atoms in total. The van der Waals surface area contributed by atoms with Crippen LogP contribution in [0.15, 0.2) is 65.7 Å². The molecule has 0 aliphatic rings. The van der Waals surface area contributed by atoms with Gasteiger partial charge < -0.3 is 0 Å². The van der Waals surface area contributed by atoms with Gasteiger partial charge in [0.25, 0.3) is 10.0 Å². The molecule has 0 saturated heterocycles. The number of thiazole rings is 1. The van der Waals surface area contributed by atoms with Gasteiger partial charge in [-0.2, -0.15) is 0 Å².